The molecule has 8 heteroatoms. The van der Waals surface area contributed by atoms with Crippen molar-refractivity contribution in [2.75, 3.05) is 44.8 Å². The number of nitro benzene ring substituents is 1. The van der Waals surface area contributed by atoms with Crippen LogP contribution in [0.2, 0.25) is 0 Å². The van der Waals surface area contributed by atoms with E-state index in [0.717, 1.165) is 0 Å². The van der Waals surface area contributed by atoms with E-state index in [0.29, 0.717) is 50.9 Å². The van der Waals surface area contributed by atoms with Crippen LogP contribution in [0.25, 0.3) is 4.85 Å². The topological polar surface area (TPSA) is 104 Å². The van der Waals surface area contributed by atoms with Gasteiger partial charge in [-0.05, 0) is 12.1 Å². The summed E-state index contributed by atoms with van der Waals surface area (Å²) in [5.41, 5.74) is 5.87. The summed E-state index contributed by atoms with van der Waals surface area (Å²) >= 11 is 0. The molecule has 0 aromatic heterocycles. The minimum Gasteiger partial charge on any atom is -0.378 e. The Morgan fingerprint density at radius 2 is 2.00 bits per heavy atom. The summed E-state index contributed by atoms with van der Waals surface area (Å²) in [6.07, 6.45) is 0. The molecule has 0 aliphatic heterocycles. The molecule has 1 aromatic carbocycles. The van der Waals surface area contributed by atoms with Gasteiger partial charge in [0.15, 0.2) is 5.69 Å². The molecule has 21 heavy (non-hydrogen) atoms. The first-order chi connectivity index (χ1) is 10.2. The van der Waals surface area contributed by atoms with Gasteiger partial charge >= 0.3 is 0 Å². The molecular formula is C13H18N4O4. The smallest absolute Gasteiger partial charge is 0.289 e. The molecule has 0 heterocycles. The average Bonchev–Trinajstić information content (AvgIpc) is 2.49. The second-order valence-corrected chi connectivity index (χ2v) is 4.01. The maximum Gasteiger partial charge on any atom is 0.289 e. The first-order valence-electron chi connectivity index (χ1n) is 6.44. The molecule has 0 bridgehead atoms. The van der Waals surface area contributed by atoms with Gasteiger partial charge in [-0.15, -0.1) is 0 Å². The average molecular weight is 294 g/mol. The summed E-state index contributed by atoms with van der Waals surface area (Å²) < 4.78 is 10.4. The third kappa shape index (κ3) is 6.18. The number of ether oxygens (including phenoxy) is 2. The summed E-state index contributed by atoms with van der Waals surface area (Å²) in [4.78, 5) is 13.6. The Hall–Kier alpha value is -2.21. The van der Waals surface area contributed by atoms with E-state index in [1.54, 1.807) is 0 Å². The van der Waals surface area contributed by atoms with Gasteiger partial charge in [0.2, 0.25) is 0 Å². The zero-order valence-electron chi connectivity index (χ0n) is 11.6. The van der Waals surface area contributed by atoms with E-state index >= 15 is 0 Å². The maximum atomic E-state index is 10.9. The summed E-state index contributed by atoms with van der Waals surface area (Å²) in [6, 6.07) is 4.19. The van der Waals surface area contributed by atoms with Gasteiger partial charge in [-0.3, -0.25) is 10.1 Å². The minimum atomic E-state index is -0.489. The van der Waals surface area contributed by atoms with Crippen LogP contribution in [-0.4, -0.2) is 44.4 Å². The van der Waals surface area contributed by atoms with Crippen LogP contribution in [-0.2, 0) is 9.47 Å². The number of nitrogens with zero attached hydrogens (tertiary/aromatic N) is 2. The van der Waals surface area contributed by atoms with Gasteiger partial charge in [0, 0.05) is 19.2 Å². The fourth-order valence-corrected chi connectivity index (χ4v) is 1.56. The van der Waals surface area contributed by atoms with Crippen molar-refractivity contribution < 1.29 is 14.4 Å². The second kappa shape index (κ2) is 9.66. The van der Waals surface area contributed by atoms with Gasteiger partial charge in [0.1, 0.15) is 5.69 Å². The first-order valence-corrected chi connectivity index (χ1v) is 6.44. The number of nitrogens with one attached hydrogen (secondary N) is 1. The van der Waals surface area contributed by atoms with Crippen molar-refractivity contribution in [1.82, 2.24) is 0 Å². The molecule has 0 fully saturated rings. The third-order valence-corrected chi connectivity index (χ3v) is 2.50. The lowest BCUT2D eigenvalue weighted by atomic mass is 10.2. The van der Waals surface area contributed by atoms with E-state index in [2.05, 4.69) is 10.2 Å². The molecule has 0 aliphatic carbocycles. The van der Waals surface area contributed by atoms with E-state index in [4.69, 9.17) is 21.8 Å². The zero-order valence-corrected chi connectivity index (χ0v) is 11.6. The van der Waals surface area contributed by atoms with Crippen molar-refractivity contribution in [3.63, 3.8) is 0 Å². The molecule has 3 N–H and O–H groups in total. The molecule has 0 atom stereocenters. The van der Waals surface area contributed by atoms with Crippen LogP contribution in [0.4, 0.5) is 17.1 Å². The summed E-state index contributed by atoms with van der Waals surface area (Å²) in [5.74, 6) is 0. The highest BCUT2D eigenvalue weighted by Crippen LogP contribution is 2.28. The van der Waals surface area contributed by atoms with Crippen LogP contribution in [0.1, 0.15) is 0 Å². The predicted octanol–water partition coefficient (Wildman–Crippen LogP) is 1.55. The Morgan fingerprint density at radius 1 is 1.29 bits per heavy atom. The highest BCUT2D eigenvalue weighted by molar-refractivity contribution is 5.68. The van der Waals surface area contributed by atoms with Crippen LogP contribution >= 0.6 is 0 Å². The number of nitro groups is 1. The molecule has 0 radical (unpaired) electrons. The van der Waals surface area contributed by atoms with Gasteiger partial charge in [0.25, 0.3) is 5.69 Å². The molecule has 0 saturated carbocycles. The Balaban J connectivity index is 2.37. The van der Waals surface area contributed by atoms with Gasteiger partial charge in [-0.1, -0.05) is 0 Å². The molecule has 0 aliphatic rings. The lowest BCUT2D eigenvalue weighted by molar-refractivity contribution is -0.383. The van der Waals surface area contributed by atoms with Crippen LogP contribution < -0.4 is 11.1 Å². The van der Waals surface area contributed by atoms with Crippen LogP contribution in [0.5, 0.6) is 0 Å². The van der Waals surface area contributed by atoms with Crippen LogP contribution in [0, 0.1) is 16.7 Å². The van der Waals surface area contributed by atoms with Gasteiger partial charge in [-0.2, -0.15) is 0 Å². The van der Waals surface area contributed by atoms with Crippen molar-refractivity contribution >= 4 is 17.1 Å². The highest BCUT2D eigenvalue weighted by atomic mass is 16.6. The van der Waals surface area contributed by atoms with E-state index in [9.17, 15) is 10.1 Å². The molecule has 0 saturated heterocycles. The summed E-state index contributed by atoms with van der Waals surface area (Å²) in [7, 11) is 0. The molecule has 1 rings (SSSR count). The van der Waals surface area contributed by atoms with Crippen molar-refractivity contribution in [3.05, 3.63) is 39.7 Å². The highest BCUT2D eigenvalue weighted by Gasteiger charge is 2.13. The lowest BCUT2D eigenvalue weighted by Gasteiger charge is -2.08. The number of nitrogens with two attached hydrogens (primary N) is 1. The molecular weight excluding hydrogens is 276 g/mol. The van der Waals surface area contributed by atoms with Crippen molar-refractivity contribution in [1.29, 1.82) is 0 Å². The fraction of sp³-hybridized carbons (Fsp3) is 0.462. The molecule has 0 spiro atoms. The predicted molar refractivity (Wildman–Crippen MR) is 78.5 cm³/mol. The molecule has 0 unspecified atom stereocenters. The minimum absolute atomic E-state index is 0.0614. The Labute approximate surface area is 122 Å². The van der Waals surface area contributed by atoms with E-state index in [-0.39, 0.29) is 5.69 Å². The van der Waals surface area contributed by atoms with Gasteiger partial charge in [-0.25, -0.2) is 4.85 Å². The number of benzene rings is 1. The summed E-state index contributed by atoms with van der Waals surface area (Å²) in [5, 5.41) is 13.8. The van der Waals surface area contributed by atoms with Crippen molar-refractivity contribution in [2.24, 2.45) is 5.73 Å². The molecule has 1 aromatic rings. The van der Waals surface area contributed by atoms with E-state index in [1.165, 1.54) is 18.2 Å². The second-order valence-electron chi connectivity index (χ2n) is 4.01. The number of hydrogen-bond donors (Lipinski definition) is 2. The Bertz CT molecular complexity index is 501. The monoisotopic (exact) mass is 294 g/mol. The number of rotatable bonds is 10. The maximum absolute atomic E-state index is 10.9. The number of hydrogen-bond acceptors (Lipinski definition) is 6. The van der Waals surface area contributed by atoms with Crippen LogP contribution in [0.3, 0.4) is 0 Å². The number of anilines is 1. The SMILES string of the molecule is [C-]#[N+]c1ccc([N+](=O)[O-])c(NCCOCCOCCN)c1. The van der Waals surface area contributed by atoms with Crippen molar-refractivity contribution in [2.45, 2.75) is 0 Å². The van der Waals surface area contributed by atoms with Gasteiger partial charge in [0.05, 0.1) is 37.9 Å². The summed E-state index contributed by atoms with van der Waals surface area (Å²) in [6.45, 7) is 9.58. The molecule has 0 amide bonds. The Kier molecular flexibility index (Phi) is 7.74. The standard InChI is InChI=1S/C13H18N4O4/c1-15-11-2-3-13(17(18)19)12(10-11)16-5-7-21-9-8-20-6-4-14/h2-3,10,16H,4-9,14H2. The Morgan fingerprint density at radius 3 is 2.62 bits per heavy atom. The molecule has 114 valence electrons. The fourth-order valence-electron chi connectivity index (χ4n) is 1.56. The van der Waals surface area contributed by atoms with E-state index < -0.39 is 4.92 Å². The largest absolute Gasteiger partial charge is 0.378 e. The molecule has 8 nitrogen and oxygen atoms in total. The normalized spacial score (nSPS) is 10.1. The zero-order chi connectivity index (χ0) is 15.5. The third-order valence-electron chi connectivity index (χ3n) is 2.50. The van der Waals surface area contributed by atoms with E-state index in [1.807, 2.05) is 0 Å². The lowest BCUT2D eigenvalue weighted by Crippen LogP contribution is -2.15. The first kappa shape index (κ1) is 16.8. The van der Waals surface area contributed by atoms with Crippen LogP contribution in [0.15, 0.2) is 18.2 Å². The van der Waals surface area contributed by atoms with Gasteiger partial charge < -0.3 is 20.5 Å². The quantitative estimate of drug-likeness (QED) is 0.294. The van der Waals surface area contributed by atoms with Crippen molar-refractivity contribution in [3.8, 4) is 0 Å².